The third-order valence-corrected chi connectivity index (χ3v) is 2.33. The van der Waals surface area contributed by atoms with Gasteiger partial charge in [-0.15, -0.1) is 0 Å². The second-order valence-corrected chi connectivity index (χ2v) is 3.84. The van der Waals surface area contributed by atoms with Crippen LogP contribution in [0.15, 0.2) is 29.8 Å². The molecule has 0 aromatic heterocycles. The molecule has 0 atom stereocenters. The van der Waals surface area contributed by atoms with Crippen molar-refractivity contribution in [2.45, 2.75) is 6.92 Å². The van der Waals surface area contributed by atoms with Gasteiger partial charge in [0.05, 0.1) is 6.61 Å². The largest absolute Gasteiger partial charge is 0.462 e. The molecule has 0 fully saturated rings. The smallest absolute Gasteiger partial charge is 0.348 e. The van der Waals surface area contributed by atoms with Gasteiger partial charge in [-0.25, -0.2) is 4.79 Å². The van der Waals surface area contributed by atoms with Crippen LogP contribution < -0.4 is 4.90 Å². The van der Waals surface area contributed by atoms with E-state index in [0.29, 0.717) is 0 Å². The molecule has 0 amide bonds. The first-order chi connectivity index (χ1) is 8.60. The molecule has 0 spiro atoms. The van der Waals surface area contributed by atoms with Gasteiger partial charge in [-0.05, 0) is 24.6 Å². The number of anilines is 1. The highest BCUT2D eigenvalue weighted by atomic mass is 16.5. The third kappa shape index (κ3) is 3.36. The Morgan fingerprint density at radius 3 is 2.67 bits per heavy atom. The molecule has 0 N–H and O–H groups in total. The number of ether oxygens (including phenoxy) is 1. The molecule has 1 aromatic rings. The molecule has 0 bridgehead atoms. The van der Waals surface area contributed by atoms with Gasteiger partial charge in [-0.1, -0.05) is 18.2 Å². The van der Waals surface area contributed by atoms with Crippen LogP contribution in [-0.2, 0) is 9.53 Å². The maximum atomic E-state index is 11.5. The third-order valence-electron chi connectivity index (χ3n) is 2.33. The van der Waals surface area contributed by atoms with Gasteiger partial charge in [0.2, 0.25) is 0 Å². The number of carbonyl (C=O) groups is 1. The fourth-order valence-electron chi connectivity index (χ4n) is 1.52. The van der Waals surface area contributed by atoms with Gasteiger partial charge in [-0.2, -0.15) is 5.26 Å². The average Bonchev–Trinajstić information content (AvgIpc) is 2.36. The normalized spacial score (nSPS) is 10.7. The lowest BCUT2D eigenvalue weighted by molar-refractivity contribution is -0.137. The van der Waals surface area contributed by atoms with E-state index in [-0.39, 0.29) is 12.2 Å². The van der Waals surface area contributed by atoms with E-state index in [0.717, 1.165) is 11.3 Å². The molecular weight excluding hydrogens is 228 g/mol. The number of hydrogen-bond acceptors (Lipinski definition) is 4. The zero-order valence-corrected chi connectivity index (χ0v) is 10.8. The number of para-hydroxylation sites is 1. The molecule has 0 aliphatic rings. The lowest BCUT2D eigenvalue weighted by Crippen LogP contribution is -2.11. The minimum atomic E-state index is -0.589. The highest BCUT2D eigenvalue weighted by molar-refractivity contribution is 5.98. The van der Waals surface area contributed by atoms with Crippen molar-refractivity contribution in [2.24, 2.45) is 0 Å². The van der Waals surface area contributed by atoms with Gasteiger partial charge in [0.1, 0.15) is 11.6 Å². The highest BCUT2D eigenvalue weighted by Gasteiger charge is 2.11. The summed E-state index contributed by atoms with van der Waals surface area (Å²) in [5.74, 6) is -0.589. The summed E-state index contributed by atoms with van der Waals surface area (Å²) in [6, 6.07) is 9.41. The van der Waals surface area contributed by atoms with Crippen molar-refractivity contribution < 1.29 is 9.53 Å². The van der Waals surface area contributed by atoms with Gasteiger partial charge in [0.25, 0.3) is 0 Å². The van der Waals surface area contributed by atoms with Gasteiger partial charge < -0.3 is 9.64 Å². The summed E-state index contributed by atoms with van der Waals surface area (Å²) in [5.41, 5.74) is 1.76. The Labute approximate surface area is 107 Å². The van der Waals surface area contributed by atoms with Crippen molar-refractivity contribution >= 4 is 17.7 Å². The minimum Gasteiger partial charge on any atom is -0.462 e. The van der Waals surface area contributed by atoms with Crippen molar-refractivity contribution in [1.82, 2.24) is 0 Å². The molecule has 0 heterocycles. The quantitative estimate of drug-likeness (QED) is 0.463. The van der Waals surface area contributed by atoms with Crippen molar-refractivity contribution in [3.63, 3.8) is 0 Å². The van der Waals surface area contributed by atoms with E-state index in [1.165, 1.54) is 0 Å². The van der Waals surface area contributed by atoms with Crippen LogP contribution in [0.4, 0.5) is 5.69 Å². The average molecular weight is 244 g/mol. The number of rotatable bonds is 4. The lowest BCUT2D eigenvalue weighted by atomic mass is 10.1. The van der Waals surface area contributed by atoms with E-state index < -0.39 is 5.97 Å². The van der Waals surface area contributed by atoms with Crippen LogP contribution in [-0.4, -0.2) is 26.7 Å². The number of hydrogen-bond donors (Lipinski definition) is 0. The molecule has 0 unspecified atom stereocenters. The van der Waals surface area contributed by atoms with Crippen LogP contribution >= 0.6 is 0 Å². The Bertz CT molecular complexity index is 499. The van der Waals surface area contributed by atoms with Crippen molar-refractivity contribution in [3.8, 4) is 6.07 Å². The highest BCUT2D eigenvalue weighted by Crippen LogP contribution is 2.21. The van der Waals surface area contributed by atoms with Crippen molar-refractivity contribution in [2.75, 3.05) is 25.6 Å². The second kappa shape index (κ2) is 6.45. The zero-order chi connectivity index (χ0) is 13.5. The lowest BCUT2D eigenvalue weighted by Gasteiger charge is -2.15. The Morgan fingerprint density at radius 1 is 1.44 bits per heavy atom. The number of benzene rings is 1. The molecule has 94 valence electrons. The molecule has 0 radical (unpaired) electrons. The molecule has 18 heavy (non-hydrogen) atoms. The van der Waals surface area contributed by atoms with Crippen LogP contribution in [0.3, 0.4) is 0 Å². The summed E-state index contributed by atoms with van der Waals surface area (Å²) in [5, 5.41) is 8.98. The van der Waals surface area contributed by atoms with Gasteiger partial charge >= 0.3 is 5.97 Å². The summed E-state index contributed by atoms with van der Waals surface area (Å²) in [6.07, 6.45) is 1.55. The minimum absolute atomic E-state index is 0.00569. The van der Waals surface area contributed by atoms with Crippen LogP contribution in [0, 0.1) is 11.3 Å². The summed E-state index contributed by atoms with van der Waals surface area (Å²) < 4.78 is 4.82. The Balaban J connectivity index is 3.14. The summed E-state index contributed by atoms with van der Waals surface area (Å²) in [7, 11) is 3.81. The van der Waals surface area contributed by atoms with E-state index in [9.17, 15) is 4.79 Å². The first kappa shape index (κ1) is 13.8. The molecular formula is C14H16N2O2. The zero-order valence-electron chi connectivity index (χ0n) is 10.8. The summed E-state index contributed by atoms with van der Waals surface area (Å²) >= 11 is 0. The standard InChI is InChI=1S/C14H16N2O2/c1-4-18-14(17)12(10-15)9-11-7-5-6-8-13(11)16(2)3/h5-9H,4H2,1-3H3/b12-9+. The molecule has 1 aromatic carbocycles. The molecule has 0 aliphatic heterocycles. The molecule has 0 saturated carbocycles. The van der Waals surface area contributed by atoms with Gasteiger partial charge in [0, 0.05) is 19.8 Å². The van der Waals surface area contributed by atoms with Crippen molar-refractivity contribution in [3.05, 3.63) is 35.4 Å². The van der Waals surface area contributed by atoms with E-state index >= 15 is 0 Å². The number of esters is 1. The second-order valence-electron chi connectivity index (χ2n) is 3.84. The van der Waals surface area contributed by atoms with Crippen LogP contribution in [0.2, 0.25) is 0 Å². The Hall–Kier alpha value is -2.28. The summed E-state index contributed by atoms with van der Waals surface area (Å²) in [4.78, 5) is 13.5. The van der Waals surface area contributed by atoms with E-state index in [1.807, 2.05) is 49.3 Å². The number of nitrogens with zero attached hydrogens (tertiary/aromatic N) is 2. The molecule has 4 nitrogen and oxygen atoms in total. The fourth-order valence-corrected chi connectivity index (χ4v) is 1.52. The Morgan fingerprint density at radius 2 is 2.11 bits per heavy atom. The Kier molecular flexibility index (Phi) is 4.94. The predicted molar refractivity (Wildman–Crippen MR) is 71.0 cm³/mol. The SMILES string of the molecule is CCOC(=O)/C(C#N)=C/c1ccccc1N(C)C. The molecule has 1 rings (SSSR count). The maximum Gasteiger partial charge on any atom is 0.348 e. The number of nitriles is 1. The predicted octanol–water partition coefficient (Wildman–Crippen LogP) is 2.22. The fraction of sp³-hybridized carbons (Fsp3) is 0.286. The van der Waals surface area contributed by atoms with E-state index in [4.69, 9.17) is 10.00 Å². The monoisotopic (exact) mass is 244 g/mol. The van der Waals surface area contributed by atoms with E-state index in [2.05, 4.69) is 0 Å². The van der Waals surface area contributed by atoms with Gasteiger partial charge in [-0.3, -0.25) is 0 Å². The summed E-state index contributed by atoms with van der Waals surface area (Å²) in [6.45, 7) is 1.97. The molecule has 0 saturated heterocycles. The van der Waals surface area contributed by atoms with Crippen LogP contribution in [0.5, 0.6) is 0 Å². The first-order valence-corrected chi connectivity index (χ1v) is 5.65. The van der Waals surface area contributed by atoms with Crippen LogP contribution in [0.1, 0.15) is 12.5 Å². The first-order valence-electron chi connectivity index (χ1n) is 5.65. The van der Waals surface area contributed by atoms with Gasteiger partial charge in [0.15, 0.2) is 0 Å². The number of carbonyl (C=O) groups excluding carboxylic acids is 1. The molecule has 4 heteroatoms. The molecule has 0 aliphatic carbocycles. The maximum absolute atomic E-state index is 11.5. The topological polar surface area (TPSA) is 53.3 Å². The van der Waals surface area contributed by atoms with E-state index in [1.54, 1.807) is 13.0 Å². The van der Waals surface area contributed by atoms with Crippen molar-refractivity contribution in [1.29, 1.82) is 5.26 Å². The van der Waals surface area contributed by atoms with Crippen LogP contribution in [0.25, 0.3) is 6.08 Å².